The number of carboxylic acids is 1. The van der Waals surface area contributed by atoms with E-state index in [-0.39, 0.29) is 12.1 Å². The van der Waals surface area contributed by atoms with Crippen molar-refractivity contribution in [3.05, 3.63) is 65.5 Å². The number of carbonyl (C=O) groups is 1. The minimum Gasteiger partial charge on any atom is -0.478 e. The Hall–Kier alpha value is -3.09. The number of anilines is 1. The number of aromatic carboxylic acids is 1. The van der Waals surface area contributed by atoms with Crippen molar-refractivity contribution in [1.82, 2.24) is 9.97 Å². The van der Waals surface area contributed by atoms with E-state index in [9.17, 15) is 18.7 Å². The smallest absolute Gasteiger partial charge is 0.337 e. The molecule has 0 aliphatic rings. The number of rotatable bonds is 4. The van der Waals surface area contributed by atoms with Gasteiger partial charge in [-0.05, 0) is 29.8 Å². The van der Waals surface area contributed by atoms with E-state index in [1.165, 1.54) is 18.5 Å². The number of halogens is 2. The monoisotopic (exact) mass is 315 g/mol. The Morgan fingerprint density at radius 3 is 2.70 bits per heavy atom. The lowest BCUT2D eigenvalue weighted by atomic mass is 10.1. The van der Waals surface area contributed by atoms with Gasteiger partial charge in [0.1, 0.15) is 12.1 Å². The number of nitrogens with zero attached hydrogens (tertiary/aromatic N) is 2. The summed E-state index contributed by atoms with van der Waals surface area (Å²) in [7, 11) is 0. The summed E-state index contributed by atoms with van der Waals surface area (Å²) in [4.78, 5) is 19.3. The average molecular weight is 315 g/mol. The van der Waals surface area contributed by atoms with Gasteiger partial charge in [-0.1, -0.05) is 12.1 Å². The normalized spacial score (nSPS) is 10.7. The van der Waals surface area contributed by atoms with E-state index in [4.69, 9.17) is 0 Å². The maximum absolute atomic E-state index is 13.2. The fourth-order valence-electron chi connectivity index (χ4n) is 2.24. The molecule has 7 heteroatoms. The second-order valence-electron chi connectivity index (χ2n) is 4.83. The first-order chi connectivity index (χ1) is 11.1. The Morgan fingerprint density at radius 1 is 1.13 bits per heavy atom. The minimum absolute atomic E-state index is 0.0702. The topological polar surface area (TPSA) is 75.1 Å². The lowest BCUT2D eigenvalue weighted by Gasteiger charge is -2.09. The quantitative estimate of drug-likeness (QED) is 0.773. The van der Waals surface area contributed by atoms with Crippen LogP contribution in [0.15, 0.2) is 42.7 Å². The van der Waals surface area contributed by atoms with E-state index in [0.29, 0.717) is 22.3 Å². The third-order valence-electron chi connectivity index (χ3n) is 3.34. The molecule has 0 saturated carbocycles. The minimum atomic E-state index is -1.08. The van der Waals surface area contributed by atoms with Crippen LogP contribution in [0.25, 0.3) is 10.9 Å². The Kier molecular flexibility index (Phi) is 3.84. The predicted octanol–water partition coefficient (Wildman–Crippen LogP) is 3.22. The van der Waals surface area contributed by atoms with Crippen molar-refractivity contribution in [3.63, 3.8) is 0 Å². The summed E-state index contributed by atoms with van der Waals surface area (Å²) in [5.41, 5.74) is 0.911. The van der Waals surface area contributed by atoms with Crippen molar-refractivity contribution < 1.29 is 18.7 Å². The molecule has 3 rings (SSSR count). The molecule has 0 aliphatic heterocycles. The first-order valence-electron chi connectivity index (χ1n) is 6.71. The molecule has 0 aliphatic carbocycles. The van der Waals surface area contributed by atoms with Crippen LogP contribution in [-0.4, -0.2) is 21.0 Å². The molecular formula is C16H11F2N3O2. The van der Waals surface area contributed by atoms with E-state index >= 15 is 0 Å². The van der Waals surface area contributed by atoms with Gasteiger partial charge >= 0.3 is 5.97 Å². The number of para-hydroxylation sites is 1. The Morgan fingerprint density at radius 2 is 1.96 bits per heavy atom. The number of hydrogen-bond acceptors (Lipinski definition) is 4. The molecule has 0 unspecified atom stereocenters. The Bertz CT molecular complexity index is 900. The molecule has 0 saturated heterocycles. The van der Waals surface area contributed by atoms with Crippen LogP contribution >= 0.6 is 0 Å². The van der Waals surface area contributed by atoms with Crippen LogP contribution in [0.3, 0.4) is 0 Å². The first kappa shape index (κ1) is 14.8. The molecule has 0 bridgehead atoms. The third-order valence-corrected chi connectivity index (χ3v) is 3.34. The second kappa shape index (κ2) is 5.96. The fourth-order valence-corrected chi connectivity index (χ4v) is 2.24. The summed E-state index contributed by atoms with van der Waals surface area (Å²) in [6.07, 6.45) is 1.25. The molecule has 2 aromatic carbocycles. The average Bonchev–Trinajstić information content (AvgIpc) is 2.55. The van der Waals surface area contributed by atoms with Gasteiger partial charge in [0.15, 0.2) is 11.6 Å². The second-order valence-corrected chi connectivity index (χ2v) is 4.83. The van der Waals surface area contributed by atoms with Crippen LogP contribution in [0.5, 0.6) is 0 Å². The zero-order chi connectivity index (χ0) is 16.4. The van der Waals surface area contributed by atoms with Crippen LogP contribution in [-0.2, 0) is 6.54 Å². The van der Waals surface area contributed by atoms with Crippen LogP contribution < -0.4 is 5.32 Å². The van der Waals surface area contributed by atoms with Crippen LogP contribution in [0.4, 0.5) is 14.6 Å². The molecule has 0 atom stereocenters. The molecule has 0 fully saturated rings. The highest BCUT2D eigenvalue weighted by Gasteiger charge is 2.12. The summed E-state index contributed by atoms with van der Waals surface area (Å²) in [5.74, 6) is -2.50. The van der Waals surface area contributed by atoms with Crippen molar-refractivity contribution in [2.45, 2.75) is 6.54 Å². The van der Waals surface area contributed by atoms with Crippen LogP contribution in [0.2, 0.25) is 0 Å². The molecule has 3 aromatic rings. The van der Waals surface area contributed by atoms with Gasteiger partial charge in [-0.25, -0.2) is 23.5 Å². The van der Waals surface area contributed by atoms with Gasteiger partial charge in [0.2, 0.25) is 0 Å². The first-order valence-corrected chi connectivity index (χ1v) is 6.71. The molecule has 5 nitrogen and oxygen atoms in total. The highest BCUT2D eigenvalue weighted by molar-refractivity contribution is 6.04. The lowest BCUT2D eigenvalue weighted by molar-refractivity contribution is 0.0699. The Balaban J connectivity index is 1.92. The van der Waals surface area contributed by atoms with Gasteiger partial charge in [-0.2, -0.15) is 0 Å². The fraction of sp³-hybridized carbons (Fsp3) is 0.0625. The standard InChI is InChI=1S/C16H11F2N3O2/c17-12-5-4-9(6-13(12)18)7-19-15-10-2-1-3-11(16(22)23)14(10)20-8-21-15/h1-6,8H,7H2,(H,22,23)(H,19,20,21). The Labute approximate surface area is 129 Å². The van der Waals surface area contributed by atoms with Gasteiger partial charge in [0.25, 0.3) is 0 Å². The molecule has 0 spiro atoms. The molecule has 1 heterocycles. The molecule has 0 amide bonds. The summed E-state index contributed by atoms with van der Waals surface area (Å²) in [6, 6.07) is 8.34. The number of aromatic nitrogens is 2. The van der Waals surface area contributed by atoms with Crippen molar-refractivity contribution in [2.24, 2.45) is 0 Å². The van der Waals surface area contributed by atoms with E-state index in [2.05, 4.69) is 15.3 Å². The summed E-state index contributed by atoms with van der Waals surface area (Å²) in [6.45, 7) is 0.209. The largest absolute Gasteiger partial charge is 0.478 e. The van der Waals surface area contributed by atoms with Gasteiger partial charge in [0.05, 0.1) is 11.1 Å². The number of fused-ring (bicyclic) bond motifs is 1. The van der Waals surface area contributed by atoms with Crippen molar-refractivity contribution in [1.29, 1.82) is 0 Å². The highest BCUT2D eigenvalue weighted by Crippen LogP contribution is 2.23. The van der Waals surface area contributed by atoms with E-state index in [0.717, 1.165) is 12.1 Å². The molecular weight excluding hydrogens is 304 g/mol. The summed E-state index contributed by atoms with van der Waals surface area (Å²) >= 11 is 0. The summed E-state index contributed by atoms with van der Waals surface area (Å²) in [5, 5.41) is 12.7. The van der Waals surface area contributed by atoms with Gasteiger partial charge in [-0.3, -0.25) is 0 Å². The third kappa shape index (κ3) is 2.94. The number of carboxylic acid groups (broad SMARTS) is 1. The zero-order valence-electron chi connectivity index (χ0n) is 11.8. The SMILES string of the molecule is O=C(O)c1cccc2c(NCc3ccc(F)c(F)c3)ncnc12. The number of benzene rings is 2. The molecule has 23 heavy (non-hydrogen) atoms. The number of nitrogens with one attached hydrogen (secondary N) is 1. The zero-order valence-corrected chi connectivity index (χ0v) is 11.8. The van der Waals surface area contributed by atoms with Crippen LogP contribution in [0.1, 0.15) is 15.9 Å². The van der Waals surface area contributed by atoms with Gasteiger partial charge in [-0.15, -0.1) is 0 Å². The van der Waals surface area contributed by atoms with Crippen molar-refractivity contribution in [2.75, 3.05) is 5.32 Å². The molecule has 0 radical (unpaired) electrons. The van der Waals surface area contributed by atoms with Gasteiger partial charge < -0.3 is 10.4 Å². The van der Waals surface area contributed by atoms with Gasteiger partial charge in [0, 0.05) is 11.9 Å². The van der Waals surface area contributed by atoms with E-state index < -0.39 is 17.6 Å². The maximum atomic E-state index is 13.2. The van der Waals surface area contributed by atoms with E-state index in [1.54, 1.807) is 12.1 Å². The number of hydrogen-bond donors (Lipinski definition) is 2. The van der Waals surface area contributed by atoms with E-state index in [1.807, 2.05) is 0 Å². The highest BCUT2D eigenvalue weighted by atomic mass is 19.2. The molecule has 116 valence electrons. The summed E-state index contributed by atoms with van der Waals surface area (Å²) < 4.78 is 26.1. The lowest BCUT2D eigenvalue weighted by Crippen LogP contribution is -2.05. The molecule has 2 N–H and O–H groups in total. The van der Waals surface area contributed by atoms with Crippen LogP contribution in [0, 0.1) is 11.6 Å². The van der Waals surface area contributed by atoms with Crippen molar-refractivity contribution in [3.8, 4) is 0 Å². The molecule has 1 aromatic heterocycles. The maximum Gasteiger partial charge on any atom is 0.337 e. The predicted molar refractivity (Wildman–Crippen MR) is 80.2 cm³/mol. The van der Waals surface area contributed by atoms with Crippen molar-refractivity contribution >= 4 is 22.7 Å².